The van der Waals surface area contributed by atoms with Gasteiger partial charge in [-0.25, -0.2) is 13.1 Å². The van der Waals surface area contributed by atoms with Gasteiger partial charge in [-0.3, -0.25) is 0 Å². The van der Waals surface area contributed by atoms with E-state index < -0.39 is 10.0 Å². The molecular weight excluding hydrogens is 138 g/mol. The van der Waals surface area contributed by atoms with E-state index in [1.807, 2.05) is 0 Å². The van der Waals surface area contributed by atoms with Crippen LogP contribution in [0.25, 0.3) is 0 Å². The molecule has 0 atom stereocenters. The number of rotatable bonds is 4. The third-order valence-electron chi connectivity index (χ3n) is 0.702. The van der Waals surface area contributed by atoms with Gasteiger partial charge in [-0.15, -0.1) is 6.58 Å². The van der Waals surface area contributed by atoms with E-state index in [2.05, 4.69) is 11.3 Å². The number of nitrogens with one attached hydrogen (secondary N) is 1. The van der Waals surface area contributed by atoms with Gasteiger partial charge >= 0.3 is 0 Å². The Balaban J connectivity index is 3.88. The summed E-state index contributed by atoms with van der Waals surface area (Å²) in [5.41, 5.74) is 0. The quantitative estimate of drug-likeness (QED) is 0.577. The molecule has 1 N–H and O–H groups in total. The molecule has 54 valence electrons. The minimum absolute atomic E-state index is 0.000833. The average Bonchev–Trinajstić information content (AvgIpc) is 1.64. The summed E-state index contributed by atoms with van der Waals surface area (Å²) in [4.78, 5) is 0. The van der Waals surface area contributed by atoms with Gasteiger partial charge in [0.2, 0.25) is 10.0 Å². The molecule has 0 aliphatic rings. The van der Waals surface area contributed by atoms with E-state index in [1.54, 1.807) is 6.92 Å². The fourth-order valence-corrected chi connectivity index (χ4v) is 1.30. The Morgan fingerprint density at radius 1 is 1.67 bits per heavy atom. The van der Waals surface area contributed by atoms with E-state index in [-0.39, 0.29) is 5.75 Å². The van der Waals surface area contributed by atoms with Crippen LogP contribution in [0.3, 0.4) is 0 Å². The van der Waals surface area contributed by atoms with Crippen LogP contribution >= 0.6 is 0 Å². The Kier molecular flexibility index (Phi) is 3.49. The second-order valence-electron chi connectivity index (χ2n) is 1.57. The summed E-state index contributed by atoms with van der Waals surface area (Å²) in [6.07, 6.45) is 1.36. The Morgan fingerprint density at radius 2 is 2.22 bits per heavy atom. The molecule has 0 unspecified atom stereocenters. The first-order valence-electron chi connectivity index (χ1n) is 2.70. The van der Waals surface area contributed by atoms with E-state index in [9.17, 15) is 8.42 Å². The molecule has 0 saturated heterocycles. The zero-order valence-corrected chi connectivity index (χ0v) is 6.24. The van der Waals surface area contributed by atoms with Crippen molar-refractivity contribution in [3.63, 3.8) is 0 Å². The van der Waals surface area contributed by atoms with Gasteiger partial charge in [0, 0.05) is 6.54 Å². The van der Waals surface area contributed by atoms with Crippen LogP contribution in [0, 0.1) is 0 Å². The zero-order chi connectivity index (χ0) is 7.33. The lowest BCUT2D eigenvalue weighted by atomic mass is 10.8. The van der Waals surface area contributed by atoms with E-state index in [4.69, 9.17) is 0 Å². The first-order valence-corrected chi connectivity index (χ1v) is 4.36. The fraction of sp³-hybridized carbons (Fsp3) is 0.600. The molecule has 9 heavy (non-hydrogen) atoms. The van der Waals surface area contributed by atoms with Crippen molar-refractivity contribution in [3.05, 3.63) is 12.7 Å². The SMILES string of the molecule is C=CCS(=O)(=O)NCC. The molecule has 0 aliphatic carbocycles. The highest BCUT2D eigenvalue weighted by Gasteiger charge is 2.02. The minimum atomic E-state index is -3.05. The average molecular weight is 149 g/mol. The number of hydrogen-bond acceptors (Lipinski definition) is 2. The highest BCUT2D eigenvalue weighted by molar-refractivity contribution is 7.89. The van der Waals surface area contributed by atoms with Crippen LogP contribution in [0.15, 0.2) is 12.7 Å². The molecule has 0 saturated carbocycles. The highest BCUT2D eigenvalue weighted by Crippen LogP contribution is 1.81. The van der Waals surface area contributed by atoms with Crippen molar-refractivity contribution in [1.82, 2.24) is 4.72 Å². The molecule has 0 radical (unpaired) electrons. The van der Waals surface area contributed by atoms with Crippen LogP contribution in [0.5, 0.6) is 0 Å². The Labute approximate surface area is 55.8 Å². The molecule has 0 spiro atoms. The second kappa shape index (κ2) is 3.63. The molecular formula is C5H11NO2S. The maximum atomic E-state index is 10.6. The van der Waals surface area contributed by atoms with Crippen LogP contribution in [0.2, 0.25) is 0 Å². The van der Waals surface area contributed by atoms with Crippen molar-refractivity contribution in [2.75, 3.05) is 12.3 Å². The summed E-state index contributed by atoms with van der Waals surface area (Å²) < 4.78 is 23.6. The van der Waals surface area contributed by atoms with Gasteiger partial charge in [0.15, 0.2) is 0 Å². The first kappa shape index (κ1) is 8.65. The van der Waals surface area contributed by atoms with E-state index >= 15 is 0 Å². The van der Waals surface area contributed by atoms with Gasteiger partial charge in [0.05, 0.1) is 5.75 Å². The van der Waals surface area contributed by atoms with E-state index in [1.165, 1.54) is 6.08 Å². The predicted molar refractivity (Wildman–Crippen MR) is 37.7 cm³/mol. The molecule has 0 fully saturated rings. The lowest BCUT2D eigenvalue weighted by Crippen LogP contribution is -2.24. The normalized spacial score (nSPS) is 11.2. The summed E-state index contributed by atoms with van der Waals surface area (Å²) in [6.45, 7) is 5.49. The van der Waals surface area contributed by atoms with Crippen LogP contribution < -0.4 is 4.72 Å². The van der Waals surface area contributed by atoms with E-state index in [0.717, 1.165) is 0 Å². The molecule has 0 bridgehead atoms. The van der Waals surface area contributed by atoms with Crippen molar-refractivity contribution in [2.24, 2.45) is 0 Å². The summed E-state index contributed by atoms with van der Waals surface area (Å²) in [5, 5.41) is 0. The van der Waals surface area contributed by atoms with Crippen molar-refractivity contribution in [2.45, 2.75) is 6.92 Å². The summed E-state index contributed by atoms with van der Waals surface area (Å²) in [6, 6.07) is 0. The van der Waals surface area contributed by atoms with Crippen LogP contribution in [0.4, 0.5) is 0 Å². The van der Waals surface area contributed by atoms with Gasteiger partial charge in [-0.2, -0.15) is 0 Å². The number of hydrogen-bond donors (Lipinski definition) is 1. The van der Waals surface area contributed by atoms with Gasteiger partial charge in [-0.1, -0.05) is 13.0 Å². The van der Waals surface area contributed by atoms with Crippen molar-refractivity contribution < 1.29 is 8.42 Å². The summed E-state index contributed by atoms with van der Waals surface area (Å²) in [7, 11) is -3.05. The summed E-state index contributed by atoms with van der Waals surface area (Å²) in [5.74, 6) is 0.000833. The van der Waals surface area contributed by atoms with E-state index in [0.29, 0.717) is 6.54 Å². The lowest BCUT2D eigenvalue weighted by Gasteiger charge is -1.97. The number of sulfonamides is 1. The molecule has 0 rings (SSSR count). The van der Waals surface area contributed by atoms with Crippen LogP contribution in [-0.2, 0) is 10.0 Å². The Morgan fingerprint density at radius 3 is 2.56 bits per heavy atom. The van der Waals surface area contributed by atoms with Crippen molar-refractivity contribution >= 4 is 10.0 Å². The molecule has 3 nitrogen and oxygen atoms in total. The predicted octanol–water partition coefficient (Wildman–Crippen LogP) is 0.112. The molecule has 0 heterocycles. The van der Waals surface area contributed by atoms with Crippen molar-refractivity contribution in [1.29, 1.82) is 0 Å². The molecule has 4 heteroatoms. The third-order valence-corrected chi connectivity index (χ3v) is 2.10. The fourth-order valence-electron chi connectivity index (χ4n) is 0.434. The first-order chi connectivity index (χ1) is 4.12. The maximum Gasteiger partial charge on any atom is 0.215 e. The molecule has 0 aliphatic heterocycles. The monoisotopic (exact) mass is 149 g/mol. The zero-order valence-electron chi connectivity index (χ0n) is 5.42. The van der Waals surface area contributed by atoms with Gasteiger partial charge in [-0.05, 0) is 0 Å². The van der Waals surface area contributed by atoms with Crippen LogP contribution in [-0.4, -0.2) is 20.7 Å². The summed E-state index contributed by atoms with van der Waals surface area (Å²) >= 11 is 0. The van der Waals surface area contributed by atoms with Gasteiger partial charge in [0.1, 0.15) is 0 Å². The largest absolute Gasteiger partial charge is 0.215 e. The molecule has 0 amide bonds. The molecule has 0 aromatic carbocycles. The third kappa shape index (κ3) is 4.17. The maximum absolute atomic E-state index is 10.6. The Bertz CT molecular complexity index is 171. The van der Waals surface area contributed by atoms with Gasteiger partial charge < -0.3 is 0 Å². The molecule has 0 aromatic rings. The highest BCUT2D eigenvalue weighted by atomic mass is 32.2. The second-order valence-corrected chi connectivity index (χ2v) is 3.42. The topological polar surface area (TPSA) is 46.2 Å². The van der Waals surface area contributed by atoms with Gasteiger partial charge in [0.25, 0.3) is 0 Å². The standard InChI is InChI=1S/C5H11NO2S/c1-3-5-9(7,8)6-4-2/h3,6H,1,4-5H2,2H3. The van der Waals surface area contributed by atoms with Crippen molar-refractivity contribution in [3.8, 4) is 0 Å². The van der Waals surface area contributed by atoms with Crippen LogP contribution in [0.1, 0.15) is 6.92 Å². The molecule has 0 aromatic heterocycles. The minimum Gasteiger partial charge on any atom is -0.215 e. The Hall–Kier alpha value is -0.350. The smallest absolute Gasteiger partial charge is 0.215 e. The lowest BCUT2D eigenvalue weighted by molar-refractivity contribution is 0.587.